The lowest BCUT2D eigenvalue weighted by Gasteiger charge is -2.33. The van der Waals surface area contributed by atoms with Gasteiger partial charge in [-0.3, -0.25) is 4.90 Å². The van der Waals surface area contributed by atoms with Crippen molar-refractivity contribution in [2.75, 3.05) is 13.7 Å². The lowest BCUT2D eigenvalue weighted by atomic mass is 10.0. The SMILES string of the molecule is CN(Cc1cccc(-c2nc(CCl)cs2)c1)C(C)(C)CO. The van der Waals surface area contributed by atoms with Crippen LogP contribution in [0.4, 0.5) is 0 Å². The number of alkyl halides is 1. The number of aliphatic hydroxyl groups is 1. The number of likely N-dealkylation sites (N-methyl/N-ethyl adjacent to an activating group) is 1. The third-order valence-corrected chi connectivity index (χ3v) is 4.92. The first-order chi connectivity index (χ1) is 9.96. The zero-order chi connectivity index (χ0) is 15.5. The first kappa shape index (κ1) is 16.4. The van der Waals surface area contributed by atoms with E-state index in [0.29, 0.717) is 5.88 Å². The molecule has 5 heteroatoms. The third-order valence-electron chi connectivity index (χ3n) is 3.70. The second-order valence-corrected chi connectivity index (χ2v) is 6.93. The van der Waals surface area contributed by atoms with Crippen LogP contribution in [0.25, 0.3) is 10.6 Å². The zero-order valence-electron chi connectivity index (χ0n) is 12.6. The van der Waals surface area contributed by atoms with Crippen molar-refractivity contribution in [1.29, 1.82) is 0 Å². The fourth-order valence-electron chi connectivity index (χ4n) is 1.91. The van der Waals surface area contributed by atoms with Crippen LogP contribution in [-0.4, -0.2) is 34.2 Å². The van der Waals surface area contributed by atoms with Crippen molar-refractivity contribution in [1.82, 2.24) is 9.88 Å². The van der Waals surface area contributed by atoms with Crippen LogP contribution in [0, 0.1) is 0 Å². The maximum Gasteiger partial charge on any atom is 0.123 e. The fraction of sp³-hybridized carbons (Fsp3) is 0.438. The number of rotatable bonds is 6. The lowest BCUT2D eigenvalue weighted by Crippen LogP contribution is -2.43. The summed E-state index contributed by atoms with van der Waals surface area (Å²) >= 11 is 7.42. The summed E-state index contributed by atoms with van der Waals surface area (Å²) in [6, 6.07) is 8.37. The molecule has 0 atom stereocenters. The minimum absolute atomic E-state index is 0.134. The second-order valence-electron chi connectivity index (χ2n) is 5.80. The molecule has 0 bridgehead atoms. The van der Waals surface area contributed by atoms with Crippen molar-refractivity contribution in [2.45, 2.75) is 31.8 Å². The van der Waals surface area contributed by atoms with Gasteiger partial charge in [-0.15, -0.1) is 22.9 Å². The highest BCUT2D eigenvalue weighted by atomic mass is 35.5. The van der Waals surface area contributed by atoms with Gasteiger partial charge in [0.1, 0.15) is 5.01 Å². The molecule has 2 rings (SSSR count). The third kappa shape index (κ3) is 4.04. The number of thiazole rings is 1. The molecule has 1 aromatic carbocycles. The van der Waals surface area contributed by atoms with Crippen molar-refractivity contribution in [3.63, 3.8) is 0 Å². The molecule has 0 aliphatic heterocycles. The van der Waals surface area contributed by atoms with Crippen LogP contribution in [0.15, 0.2) is 29.6 Å². The fourth-order valence-corrected chi connectivity index (χ4v) is 2.96. The minimum atomic E-state index is -0.233. The summed E-state index contributed by atoms with van der Waals surface area (Å²) in [5.74, 6) is 0.448. The number of hydrogen-bond acceptors (Lipinski definition) is 4. The summed E-state index contributed by atoms with van der Waals surface area (Å²) in [4.78, 5) is 6.67. The molecule has 0 radical (unpaired) electrons. The van der Waals surface area contributed by atoms with E-state index in [9.17, 15) is 5.11 Å². The Kier molecular flexibility index (Phi) is 5.38. The molecular formula is C16H21ClN2OS. The van der Waals surface area contributed by atoms with Crippen LogP contribution < -0.4 is 0 Å². The molecule has 0 amide bonds. The maximum atomic E-state index is 9.44. The Morgan fingerprint density at radius 1 is 1.38 bits per heavy atom. The van der Waals surface area contributed by atoms with Crippen LogP contribution in [0.3, 0.4) is 0 Å². The van der Waals surface area contributed by atoms with Gasteiger partial charge in [-0.2, -0.15) is 0 Å². The molecule has 2 aromatic rings. The second kappa shape index (κ2) is 6.88. The van der Waals surface area contributed by atoms with Crippen molar-refractivity contribution in [2.24, 2.45) is 0 Å². The van der Waals surface area contributed by atoms with Crippen LogP contribution >= 0.6 is 22.9 Å². The topological polar surface area (TPSA) is 36.4 Å². The molecule has 0 fully saturated rings. The smallest absolute Gasteiger partial charge is 0.123 e. The molecule has 0 spiro atoms. The summed E-state index contributed by atoms with van der Waals surface area (Å²) in [6.07, 6.45) is 0. The number of halogens is 1. The summed E-state index contributed by atoms with van der Waals surface area (Å²) in [5.41, 5.74) is 3.01. The van der Waals surface area contributed by atoms with Crippen LogP contribution in [-0.2, 0) is 12.4 Å². The van der Waals surface area contributed by atoms with Crippen LogP contribution in [0.1, 0.15) is 25.1 Å². The van der Waals surface area contributed by atoms with E-state index in [1.807, 2.05) is 32.3 Å². The molecule has 1 heterocycles. The Morgan fingerprint density at radius 2 is 2.14 bits per heavy atom. The Balaban J connectivity index is 2.18. The first-order valence-corrected chi connectivity index (χ1v) is 8.29. The van der Waals surface area contributed by atoms with Crippen molar-refractivity contribution >= 4 is 22.9 Å². The first-order valence-electron chi connectivity index (χ1n) is 6.88. The molecule has 0 saturated carbocycles. The highest BCUT2D eigenvalue weighted by molar-refractivity contribution is 7.13. The molecule has 21 heavy (non-hydrogen) atoms. The van der Waals surface area contributed by atoms with Gasteiger partial charge in [0.25, 0.3) is 0 Å². The molecular weight excluding hydrogens is 304 g/mol. The van der Waals surface area contributed by atoms with Gasteiger partial charge in [0.2, 0.25) is 0 Å². The summed E-state index contributed by atoms with van der Waals surface area (Å²) < 4.78 is 0. The predicted octanol–water partition coefficient (Wildman–Crippen LogP) is 3.75. The molecule has 1 N–H and O–H groups in total. The molecule has 0 aliphatic rings. The summed E-state index contributed by atoms with van der Waals surface area (Å²) in [5, 5.41) is 12.4. The van der Waals surface area contributed by atoms with Crippen molar-refractivity contribution in [3.8, 4) is 10.6 Å². The Labute approximate surface area is 135 Å². The van der Waals surface area contributed by atoms with E-state index in [1.165, 1.54) is 5.56 Å². The molecule has 3 nitrogen and oxygen atoms in total. The number of aromatic nitrogens is 1. The van der Waals surface area contributed by atoms with Crippen molar-refractivity contribution < 1.29 is 5.11 Å². The molecule has 1 aromatic heterocycles. The molecule has 0 aliphatic carbocycles. The van der Waals surface area contributed by atoms with E-state index in [-0.39, 0.29) is 12.1 Å². The molecule has 0 saturated heterocycles. The number of hydrogen-bond donors (Lipinski definition) is 1. The summed E-state index contributed by atoms with van der Waals surface area (Å²) in [6.45, 7) is 4.98. The average molecular weight is 325 g/mol. The van der Waals surface area contributed by atoms with Gasteiger partial charge in [-0.05, 0) is 32.5 Å². The Morgan fingerprint density at radius 3 is 2.76 bits per heavy atom. The van der Waals surface area contributed by atoms with Gasteiger partial charge in [0, 0.05) is 23.0 Å². The van der Waals surface area contributed by atoms with Gasteiger partial charge in [0.05, 0.1) is 18.2 Å². The van der Waals surface area contributed by atoms with Gasteiger partial charge >= 0.3 is 0 Å². The minimum Gasteiger partial charge on any atom is -0.394 e. The monoisotopic (exact) mass is 324 g/mol. The Hall–Kier alpha value is -0.940. The predicted molar refractivity (Wildman–Crippen MR) is 89.7 cm³/mol. The van der Waals surface area contributed by atoms with E-state index in [4.69, 9.17) is 11.6 Å². The van der Waals surface area contributed by atoms with Crippen molar-refractivity contribution in [3.05, 3.63) is 40.9 Å². The largest absolute Gasteiger partial charge is 0.394 e. The van der Waals surface area contributed by atoms with Gasteiger partial charge in [-0.25, -0.2) is 4.98 Å². The highest BCUT2D eigenvalue weighted by Gasteiger charge is 2.22. The number of benzene rings is 1. The maximum absolute atomic E-state index is 9.44. The van der Waals surface area contributed by atoms with Gasteiger partial charge in [0.15, 0.2) is 0 Å². The number of aliphatic hydroxyl groups excluding tert-OH is 1. The lowest BCUT2D eigenvalue weighted by molar-refractivity contribution is 0.0734. The van der Waals surface area contributed by atoms with E-state index in [2.05, 4.69) is 28.1 Å². The Bertz CT molecular complexity index is 597. The van der Waals surface area contributed by atoms with Crippen LogP contribution in [0.5, 0.6) is 0 Å². The molecule has 0 unspecified atom stereocenters. The highest BCUT2D eigenvalue weighted by Crippen LogP contribution is 2.26. The number of nitrogens with zero attached hydrogens (tertiary/aromatic N) is 2. The standard InChI is InChI=1S/C16H21ClN2OS/c1-16(2,11-20)19(3)9-12-5-4-6-13(7-12)15-18-14(8-17)10-21-15/h4-7,10,20H,8-9,11H2,1-3H3. The van der Waals surface area contributed by atoms with E-state index >= 15 is 0 Å². The van der Waals surface area contributed by atoms with Gasteiger partial charge in [-0.1, -0.05) is 18.2 Å². The average Bonchev–Trinajstić information content (AvgIpc) is 2.96. The summed E-state index contributed by atoms with van der Waals surface area (Å²) in [7, 11) is 2.03. The normalized spacial score (nSPS) is 12.1. The van der Waals surface area contributed by atoms with E-state index in [1.54, 1.807) is 11.3 Å². The quantitative estimate of drug-likeness (QED) is 0.822. The molecule has 114 valence electrons. The van der Waals surface area contributed by atoms with Crippen LogP contribution in [0.2, 0.25) is 0 Å². The van der Waals surface area contributed by atoms with E-state index in [0.717, 1.165) is 22.8 Å². The van der Waals surface area contributed by atoms with E-state index < -0.39 is 0 Å². The van der Waals surface area contributed by atoms with Gasteiger partial charge < -0.3 is 5.11 Å². The zero-order valence-corrected chi connectivity index (χ0v) is 14.2.